The molecule has 0 aliphatic carbocycles. The lowest BCUT2D eigenvalue weighted by molar-refractivity contribution is 0.0446. The van der Waals surface area contributed by atoms with Gasteiger partial charge in [0.25, 0.3) is 5.82 Å². The van der Waals surface area contributed by atoms with Crippen molar-refractivity contribution >= 4 is 5.97 Å². The van der Waals surface area contributed by atoms with E-state index < -0.39 is 5.97 Å². The third kappa shape index (κ3) is 2.49. The van der Waals surface area contributed by atoms with Gasteiger partial charge in [0.1, 0.15) is 6.73 Å². The molecule has 1 aromatic heterocycles. The monoisotopic (exact) mass is 200 g/mol. The molecule has 0 spiro atoms. The Balaban J connectivity index is 2.66. The van der Waals surface area contributed by atoms with Crippen molar-refractivity contribution in [3.8, 4) is 0 Å². The number of carbonyl (C=O) groups excluding carboxylic acids is 1. The second-order valence-electron chi connectivity index (χ2n) is 2.34. The summed E-state index contributed by atoms with van der Waals surface area (Å²) in [6.45, 7) is 4.53. The molecule has 0 unspecified atom stereocenters. The molecule has 7 heteroatoms. The Kier molecular flexibility index (Phi) is 3.99. The largest absolute Gasteiger partial charge is 0.460 e. The summed E-state index contributed by atoms with van der Waals surface area (Å²) in [6, 6.07) is 0. The van der Waals surface area contributed by atoms with Crippen LogP contribution < -0.4 is 0 Å². The number of ether oxygens (including phenoxy) is 2. The highest BCUT2D eigenvalue weighted by molar-refractivity contribution is 5.84. The Morgan fingerprint density at radius 3 is 2.86 bits per heavy atom. The van der Waals surface area contributed by atoms with Gasteiger partial charge in [-0.25, -0.2) is 4.79 Å². The van der Waals surface area contributed by atoms with Crippen LogP contribution in [0.1, 0.15) is 24.5 Å². The highest BCUT2D eigenvalue weighted by Crippen LogP contribution is 1.96. The van der Waals surface area contributed by atoms with E-state index in [1.54, 1.807) is 6.92 Å². The first-order chi connectivity index (χ1) is 6.79. The Morgan fingerprint density at radius 1 is 1.43 bits per heavy atom. The van der Waals surface area contributed by atoms with E-state index in [1.807, 2.05) is 6.92 Å². The van der Waals surface area contributed by atoms with Crippen molar-refractivity contribution in [2.24, 2.45) is 0 Å². The minimum atomic E-state index is -0.544. The van der Waals surface area contributed by atoms with Crippen LogP contribution in [0, 0.1) is 0 Å². The average molecular weight is 200 g/mol. The van der Waals surface area contributed by atoms with Gasteiger partial charge in [-0.05, 0) is 24.3 Å². The molecule has 78 valence electrons. The molecule has 0 aromatic carbocycles. The fraction of sp³-hybridized carbons (Fsp3) is 0.714. The van der Waals surface area contributed by atoms with Gasteiger partial charge in [0, 0.05) is 6.61 Å². The molecule has 0 bridgehead atoms. The zero-order valence-corrected chi connectivity index (χ0v) is 8.13. The zero-order valence-electron chi connectivity index (χ0n) is 8.13. The molecular weight excluding hydrogens is 188 g/mol. The van der Waals surface area contributed by atoms with Crippen LogP contribution in [0.2, 0.25) is 0 Å². The fourth-order valence-corrected chi connectivity index (χ4v) is 0.811. The van der Waals surface area contributed by atoms with E-state index in [2.05, 4.69) is 15.5 Å². The molecule has 1 rings (SSSR count). The Morgan fingerprint density at radius 2 is 2.21 bits per heavy atom. The SMILES string of the molecule is CCOCn1nnnc1C(=O)OCC. The van der Waals surface area contributed by atoms with Crippen molar-refractivity contribution in [2.75, 3.05) is 13.2 Å². The van der Waals surface area contributed by atoms with E-state index in [0.717, 1.165) is 0 Å². The van der Waals surface area contributed by atoms with Gasteiger partial charge < -0.3 is 9.47 Å². The molecule has 0 saturated carbocycles. The third-order valence-electron chi connectivity index (χ3n) is 1.41. The predicted octanol–water partition coefficient (Wildman–Crippen LogP) is -0.156. The van der Waals surface area contributed by atoms with Crippen LogP contribution in [-0.4, -0.2) is 39.4 Å². The molecule has 0 aliphatic rings. The summed E-state index contributed by atoms with van der Waals surface area (Å²) in [6.07, 6.45) is 0. The fourth-order valence-electron chi connectivity index (χ4n) is 0.811. The van der Waals surface area contributed by atoms with Crippen molar-refractivity contribution in [3.63, 3.8) is 0 Å². The molecule has 1 heterocycles. The van der Waals surface area contributed by atoms with E-state index in [-0.39, 0.29) is 12.6 Å². The third-order valence-corrected chi connectivity index (χ3v) is 1.41. The van der Waals surface area contributed by atoms with Crippen LogP contribution in [0.15, 0.2) is 0 Å². The maximum Gasteiger partial charge on any atom is 0.378 e. The second-order valence-corrected chi connectivity index (χ2v) is 2.34. The predicted molar refractivity (Wildman–Crippen MR) is 45.4 cm³/mol. The smallest absolute Gasteiger partial charge is 0.378 e. The quantitative estimate of drug-likeness (QED) is 0.614. The molecule has 14 heavy (non-hydrogen) atoms. The van der Waals surface area contributed by atoms with Gasteiger partial charge in [-0.15, -0.1) is 5.10 Å². The number of carbonyl (C=O) groups is 1. The topological polar surface area (TPSA) is 79.1 Å². The van der Waals surface area contributed by atoms with E-state index in [1.165, 1.54) is 4.68 Å². The Hall–Kier alpha value is -1.50. The van der Waals surface area contributed by atoms with Crippen LogP contribution in [-0.2, 0) is 16.2 Å². The van der Waals surface area contributed by atoms with E-state index in [4.69, 9.17) is 9.47 Å². The van der Waals surface area contributed by atoms with Crippen LogP contribution >= 0.6 is 0 Å². The van der Waals surface area contributed by atoms with Gasteiger partial charge in [0.05, 0.1) is 6.61 Å². The van der Waals surface area contributed by atoms with Crippen molar-refractivity contribution in [1.82, 2.24) is 20.2 Å². The minimum absolute atomic E-state index is 0.0558. The number of aromatic nitrogens is 4. The van der Waals surface area contributed by atoms with Crippen molar-refractivity contribution in [3.05, 3.63) is 5.82 Å². The molecule has 0 N–H and O–H groups in total. The first kappa shape index (κ1) is 10.6. The lowest BCUT2D eigenvalue weighted by Crippen LogP contribution is -2.15. The summed E-state index contributed by atoms with van der Waals surface area (Å²) in [7, 11) is 0. The minimum Gasteiger partial charge on any atom is -0.460 e. The molecule has 0 aliphatic heterocycles. The summed E-state index contributed by atoms with van der Waals surface area (Å²) in [5.74, 6) is -0.488. The van der Waals surface area contributed by atoms with E-state index in [9.17, 15) is 4.79 Å². The van der Waals surface area contributed by atoms with Crippen molar-refractivity contribution < 1.29 is 14.3 Å². The summed E-state index contributed by atoms with van der Waals surface area (Å²) < 4.78 is 11.1. The van der Waals surface area contributed by atoms with E-state index in [0.29, 0.717) is 13.2 Å². The number of nitrogens with zero attached hydrogens (tertiary/aromatic N) is 4. The normalized spacial score (nSPS) is 10.1. The molecule has 7 nitrogen and oxygen atoms in total. The maximum atomic E-state index is 11.2. The number of tetrazole rings is 1. The van der Waals surface area contributed by atoms with Crippen LogP contribution in [0.5, 0.6) is 0 Å². The molecule has 0 saturated heterocycles. The van der Waals surface area contributed by atoms with Gasteiger partial charge >= 0.3 is 5.97 Å². The lowest BCUT2D eigenvalue weighted by atomic mass is 10.6. The van der Waals surface area contributed by atoms with Gasteiger partial charge in [-0.2, -0.15) is 4.68 Å². The number of hydrogen-bond acceptors (Lipinski definition) is 6. The van der Waals surface area contributed by atoms with E-state index >= 15 is 0 Å². The zero-order chi connectivity index (χ0) is 10.4. The molecule has 0 fully saturated rings. The standard InChI is InChI=1S/C7H12N4O3/c1-3-13-5-11-6(8-9-10-11)7(12)14-4-2/h3-5H2,1-2H3. The van der Waals surface area contributed by atoms with Crippen molar-refractivity contribution in [2.45, 2.75) is 20.6 Å². The number of esters is 1. The average Bonchev–Trinajstić information content (AvgIpc) is 2.63. The Labute approximate surface area is 81.0 Å². The van der Waals surface area contributed by atoms with Gasteiger partial charge in [-0.3, -0.25) is 0 Å². The van der Waals surface area contributed by atoms with Crippen molar-refractivity contribution in [1.29, 1.82) is 0 Å². The summed E-state index contributed by atoms with van der Waals surface area (Å²) in [5.41, 5.74) is 0. The summed E-state index contributed by atoms with van der Waals surface area (Å²) >= 11 is 0. The Bertz CT molecular complexity index is 299. The molecule has 0 amide bonds. The van der Waals surface area contributed by atoms with Crippen LogP contribution in [0.4, 0.5) is 0 Å². The summed E-state index contributed by atoms with van der Waals surface area (Å²) in [5, 5.41) is 10.5. The molecule has 0 atom stereocenters. The first-order valence-corrected chi connectivity index (χ1v) is 4.30. The number of rotatable bonds is 5. The van der Waals surface area contributed by atoms with Gasteiger partial charge in [0.2, 0.25) is 0 Å². The van der Waals surface area contributed by atoms with Crippen LogP contribution in [0.25, 0.3) is 0 Å². The lowest BCUT2D eigenvalue weighted by Gasteiger charge is -2.03. The second kappa shape index (κ2) is 5.28. The molecular formula is C7H12N4O3. The number of hydrogen-bond donors (Lipinski definition) is 0. The molecule has 1 aromatic rings. The highest BCUT2D eigenvalue weighted by Gasteiger charge is 2.15. The maximum absolute atomic E-state index is 11.2. The van der Waals surface area contributed by atoms with Gasteiger partial charge in [0.15, 0.2) is 0 Å². The summed E-state index contributed by atoms with van der Waals surface area (Å²) in [4.78, 5) is 11.2. The first-order valence-electron chi connectivity index (χ1n) is 4.30. The molecule has 0 radical (unpaired) electrons. The van der Waals surface area contributed by atoms with Crippen LogP contribution in [0.3, 0.4) is 0 Å². The highest BCUT2D eigenvalue weighted by atomic mass is 16.5. The van der Waals surface area contributed by atoms with Gasteiger partial charge in [-0.1, -0.05) is 0 Å².